The van der Waals surface area contributed by atoms with Crippen molar-refractivity contribution < 1.29 is 9.59 Å². The van der Waals surface area contributed by atoms with Crippen LogP contribution in [0.5, 0.6) is 0 Å². The number of rotatable bonds is 9. The van der Waals surface area contributed by atoms with E-state index in [9.17, 15) is 9.59 Å². The van der Waals surface area contributed by atoms with Crippen molar-refractivity contribution in [3.63, 3.8) is 0 Å². The minimum atomic E-state index is -0.612. The fraction of sp³-hybridized carbons (Fsp3) is 0.440. The van der Waals surface area contributed by atoms with Gasteiger partial charge in [-0.2, -0.15) is 0 Å². The number of aryl methyl sites for hydroxylation is 2. The second kappa shape index (κ2) is 11.5. The van der Waals surface area contributed by atoms with Gasteiger partial charge in [-0.05, 0) is 56.9 Å². The molecule has 2 amide bonds. The highest BCUT2D eigenvalue weighted by Crippen LogP contribution is 2.27. The summed E-state index contributed by atoms with van der Waals surface area (Å²) in [5.41, 5.74) is 3.75. The molecule has 0 aliphatic heterocycles. The second-order valence-corrected chi connectivity index (χ2v) is 8.88. The zero-order chi connectivity index (χ0) is 23.1. The zero-order valence-corrected chi connectivity index (χ0v) is 20.5. The van der Waals surface area contributed by atoms with Crippen molar-refractivity contribution in [2.24, 2.45) is 0 Å². The first-order valence-corrected chi connectivity index (χ1v) is 11.5. The summed E-state index contributed by atoms with van der Waals surface area (Å²) >= 11 is 12.8. The quantitative estimate of drug-likeness (QED) is 0.505. The SMILES string of the molecule is CC[C@H](C(=O)N[C@@H](C)CC)N(Cc1c(Cl)cccc1Cl)C(=O)Cc1cc(C)ccc1C. The standard InChI is InChI=1S/C25H32Cl2N2O2/c1-6-18(5)28-25(31)23(7-2)29(15-20-21(26)9-8-10-22(20)27)24(30)14-19-13-16(3)11-12-17(19)4/h8-13,18,23H,6-7,14-15H2,1-5H3,(H,28,31)/t18-,23+/m0/s1. The molecule has 0 heterocycles. The number of nitrogens with zero attached hydrogens (tertiary/aromatic N) is 1. The number of amides is 2. The molecular weight excluding hydrogens is 431 g/mol. The van der Waals surface area contributed by atoms with Crippen molar-refractivity contribution >= 4 is 35.0 Å². The van der Waals surface area contributed by atoms with Crippen LogP contribution < -0.4 is 5.32 Å². The third-order valence-corrected chi connectivity index (χ3v) is 6.33. The van der Waals surface area contributed by atoms with Gasteiger partial charge in [0.1, 0.15) is 6.04 Å². The molecule has 4 nitrogen and oxygen atoms in total. The number of carbonyl (C=O) groups excluding carboxylic acids is 2. The Morgan fingerprint density at radius 3 is 2.26 bits per heavy atom. The van der Waals surface area contributed by atoms with E-state index in [0.717, 1.165) is 23.1 Å². The van der Waals surface area contributed by atoms with Crippen LogP contribution in [0.3, 0.4) is 0 Å². The highest BCUT2D eigenvalue weighted by molar-refractivity contribution is 6.36. The van der Waals surface area contributed by atoms with E-state index in [1.807, 2.05) is 52.8 Å². The summed E-state index contributed by atoms with van der Waals surface area (Å²) in [5, 5.41) is 3.98. The Balaban J connectivity index is 2.41. The molecule has 31 heavy (non-hydrogen) atoms. The van der Waals surface area contributed by atoms with Crippen LogP contribution in [-0.2, 0) is 22.6 Å². The van der Waals surface area contributed by atoms with Crippen LogP contribution in [0.1, 0.15) is 55.9 Å². The molecule has 0 spiro atoms. The van der Waals surface area contributed by atoms with E-state index < -0.39 is 6.04 Å². The minimum Gasteiger partial charge on any atom is -0.352 e. The normalized spacial score (nSPS) is 12.9. The van der Waals surface area contributed by atoms with Crippen molar-refractivity contribution in [3.8, 4) is 0 Å². The lowest BCUT2D eigenvalue weighted by Gasteiger charge is -2.32. The fourth-order valence-electron chi connectivity index (χ4n) is 3.47. The molecule has 1 N–H and O–H groups in total. The molecule has 0 aliphatic rings. The molecule has 2 atom stereocenters. The molecule has 6 heteroatoms. The average molecular weight is 463 g/mol. The largest absolute Gasteiger partial charge is 0.352 e. The van der Waals surface area contributed by atoms with E-state index in [4.69, 9.17) is 23.2 Å². The fourth-order valence-corrected chi connectivity index (χ4v) is 3.99. The van der Waals surface area contributed by atoms with Crippen LogP contribution in [0.15, 0.2) is 36.4 Å². The van der Waals surface area contributed by atoms with Gasteiger partial charge < -0.3 is 10.2 Å². The Bertz CT molecular complexity index is 909. The molecule has 0 fully saturated rings. The summed E-state index contributed by atoms with van der Waals surface area (Å²) in [5.74, 6) is -0.287. The molecule has 0 bridgehead atoms. The summed E-state index contributed by atoms with van der Waals surface area (Å²) in [6.45, 7) is 10.0. The van der Waals surface area contributed by atoms with Crippen LogP contribution in [0.4, 0.5) is 0 Å². The summed E-state index contributed by atoms with van der Waals surface area (Å²) < 4.78 is 0. The van der Waals surface area contributed by atoms with Gasteiger partial charge in [-0.15, -0.1) is 0 Å². The Labute approximate surface area is 195 Å². The lowest BCUT2D eigenvalue weighted by molar-refractivity contribution is -0.141. The van der Waals surface area contributed by atoms with Gasteiger partial charge in [-0.25, -0.2) is 0 Å². The van der Waals surface area contributed by atoms with E-state index in [1.165, 1.54) is 0 Å². The van der Waals surface area contributed by atoms with E-state index in [1.54, 1.807) is 23.1 Å². The maximum Gasteiger partial charge on any atom is 0.243 e. The van der Waals surface area contributed by atoms with Crippen LogP contribution >= 0.6 is 23.2 Å². The lowest BCUT2D eigenvalue weighted by Crippen LogP contribution is -2.51. The third-order valence-electron chi connectivity index (χ3n) is 5.62. The number of hydrogen-bond donors (Lipinski definition) is 1. The Hall–Kier alpha value is -2.04. The van der Waals surface area contributed by atoms with Gasteiger partial charge in [0.25, 0.3) is 0 Å². The molecule has 0 aromatic heterocycles. The first-order chi connectivity index (χ1) is 14.7. The van der Waals surface area contributed by atoms with Crippen molar-refractivity contribution in [1.82, 2.24) is 10.2 Å². The summed E-state index contributed by atoms with van der Waals surface area (Å²) in [6.07, 6.45) is 1.51. The number of nitrogens with one attached hydrogen (secondary N) is 1. The maximum atomic E-state index is 13.5. The predicted molar refractivity (Wildman–Crippen MR) is 129 cm³/mol. The van der Waals surface area contributed by atoms with Crippen LogP contribution in [0.2, 0.25) is 10.0 Å². The van der Waals surface area contributed by atoms with Gasteiger partial charge in [0, 0.05) is 28.2 Å². The first-order valence-electron chi connectivity index (χ1n) is 10.8. The molecule has 2 aromatic rings. The minimum absolute atomic E-state index is 0.0291. The Kier molecular flexibility index (Phi) is 9.39. The Morgan fingerprint density at radius 1 is 1.03 bits per heavy atom. The van der Waals surface area contributed by atoms with Crippen molar-refractivity contribution in [2.45, 2.75) is 72.5 Å². The lowest BCUT2D eigenvalue weighted by atomic mass is 10.0. The molecule has 2 rings (SSSR count). The first kappa shape index (κ1) is 25.2. The number of carbonyl (C=O) groups is 2. The summed E-state index contributed by atoms with van der Waals surface area (Å²) in [4.78, 5) is 28.2. The molecule has 2 aromatic carbocycles. The van der Waals surface area contributed by atoms with Crippen LogP contribution in [0, 0.1) is 13.8 Å². The van der Waals surface area contributed by atoms with Gasteiger partial charge in [0.15, 0.2) is 0 Å². The number of hydrogen-bond acceptors (Lipinski definition) is 2. The highest BCUT2D eigenvalue weighted by atomic mass is 35.5. The smallest absolute Gasteiger partial charge is 0.243 e. The number of benzene rings is 2. The highest BCUT2D eigenvalue weighted by Gasteiger charge is 2.30. The second-order valence-electron chi connectivity index (χ2n) is 8.07. The zero-order valence-electron chi connectivity index (χ0n) is 19.0. The number of halogens is 2. The van der Waals surface area contributed by atoms with E-state index in [-0.39, 0.29) is 30.8 Å². The maximum absolute atomic E-state index is 13.5. The van der Waals surface area contributed by atoms with Crippen molar-refractivity contribution in [2.75, 3.05) is 0 Å². The van der Waals surface area contributed by atoms with Gasteiger partial charge in [-0.1, -0.05) is 66.9 Å². The topological polar surface area (TPSA) is 49.4 Å². The van der Waals surface area contributed by atoms with Crippen molar-refractivity contribution in [1.29, 1.82) is 0 Å². The van der Waals surface area contributed by atoms with E-state index >= 15 is 0 Å². The molecule has 168 valence electrons. The monoisotopic (exact) mass is 462 g/mol. The van der Waals surface area contributed by atoms with E-state index in [0.29, 0.717) is 22.0 Å². The molecular formula is C25H32Cl2N2O2. The molecule has 0 aliphatic carbocycles. The van der Waals surface area contributed by atoms with Gasteiger partial charge >= 0.3 is 0 Å². The van der Waals surface area contributed by atoms with Gasteiger partial charge in [0.2, 0.25) is 11.8 Å². The predicted octanol–water partition coefficient (Wildman–Crippen LogP) is 5.87. The Morgan fingerprint density at radius 2 is 1.68 bits per heavy atom. The van der Waals surface area contributed by atoms with Gasteiger partial charge in [0.05, 0.1) is 6.42 Å². The summed E-state index contributed by atoms with van der Waals surface area (Å²) in [6, 6.07) is 10.7. The van der Waals surface area contributed by atoms with E-state index in [2.05, 4.69) is 5.32 Å². The molecule has 0 unspecified atom stereocenters. The summed E-state index contributed by atoms with van der Waals surface area (Å²) in [7, 11) is 0. The third kappa shape index (κ3) is 6.72. The average Bonchev–Trinajstić information content (AvgIpc) is 2.72. The van der Waals surface area contributed by atoms with Crippen LogP contribution in [0.25, 0.3) is 0 Å². The van der Waals surface area contributed by atoms with Crippen molar-refractivity contribution in [3.05, 3.63) is 68.7 Å². The van der Waals surface area contributed by atoms with Gasteiger partial charge in [-0.3, -0.25) is 9.59 Å². The molecule has 0 saturated heterocycles. The molecule has 0 saturated carbocycles. The van der Waals surface area contributed by atoms with Crippen LogP contribution in [-0.4, -0.2) is 28.8 Å². The molecule has 0 radical (unpaired) electrons.